The lowest BCUT2D eigenvalue weighted by Gasteiger charge is -2.31. The van der Waals surface area contributed by atoms with Crippen LogP contribution in [-0.4, -0.2) is 42.5 Å². The molecule has 0 unspecified atom stereocenters. The Morgan fingerprint density at radius 1 is 1.29 bits per heavy atom. The van der Waals surface area contributed by atoms with Gasteiger partial charge in [-0.15, -0.1) is 24.8 Å². The number of carbonyl (C=O) groups excluding carboxylic acids is 1. The van der Waals surface area contributed by atoms with E-state index in [1.165, 1.54) is 0 Å². The number of hydrogen-bond donors (Lipinski definition) is 1. The molecule has 1 aromatic heterocycles. The summed E-state index contributed by atoms with van der Waals surface area (Å²) >= 11 is 0. The summed E-state index contributed by atoms with van der Waals surface area (Å²) in [7, 11) is 1.91. The number of likely N-dealkylation sites (tertiary alicyclic amines) is 1. The van der Waals surface area contributed by atoms with Crippen LogP contribution < -0.4 is 5.32 Å². The van der Waals surface area contributed by atoms with Crippen LogP contribution in [0.1, 0.15) is 35.3 Å². The Kier molecular flexibility index (Phi) is 9.62. The van der Waals surface area contributed by atoms with E-state index in [4.69, 9.17) is 0 Å². The topological polar surface area (TPSA) is 45.2 Å². The Balaban J connectivity index is 0.00000264. The van der Waals surface area contributed by atoms with Gasteiger partial charge in [-0.1, -0.05) is 0 Å². The summed E-state index contributed by atoms with van der Waals surface area (Å²) in [6.45, 7) is 2.23. The number of hydrogen-bond acceptors (Lipinski definition) is 3. The van der Waals surface area contributed by atoms with E-state index < -0.39 is 11.7 Å². The van der Waals surface area contributed by atoms with Crippen molar-refractivity contribution in [3.8, 4) is 0 Å². The minimum absolute atomic E-state index is 0. The van der Waals surface area contributed by atoms with Crippen LogP contribution in [0.4, 0.5) is 13.2 Å². The van der Waals surface area contributed by atoms with E-state index in [0.29, 0.717) is 25.2 Å². The van der Waals surface area contributed by atoms with Crippen molar-refractivity contribution < 1.29 is 18.0 Å². The van der Waals surface area contributed by atoms with E-state index in [1.54, 1.807) is 4.90 Å². The van der Waals surface area contributed by atoms with Gasteiger partial charge in [0.15, 0.2) is 0 Å². The first-order chi connectivity index (χ1) is 10.4. The van der Waals surface area contributed by atoms with Gasteiger partial charge in [-0.2, -0.15) is 13.2 Å². The number of halogens is 5. The molecule has 0 radical (unpaired) electrons. The van der Waals surface area contributed by atoms with Crippen molar-refractivity contribution in [1.82, 2.24) is 15.2 Å². The van der Waals surface area contributed by atoms with Crippen molar-refractivity contribution in [3.05, 3.63) is 29.6 Å². The Morgan fingerprint density at radius 2 is 1.92 bits per heavy atom. The van der Waals surface area contributed by atoms with Crippen molar-refractivity contribution in [3.63, 3.8) is 0 Å². The number of carbonyl (C=O) groups is 1. The van der Waals surface area contributed by atoms with Gasteiger partial charge in [-0.3, -0.25) is 9.78 Å². The van der Waals surface area contributed by atoms with Gasteiger partial charge in [0.1, 0.15) is 5.69 Å². The van der Waals surface area contributed by atoms with Crippen molar-refractivity contribution in [1.29, 1.82) is 0 Å². The number of nitrogens with one attached hydrogen (secondary N) is 1. The summed E-state index contributed by atoms with van der Waals surface area (Å²) in [5.74, 6) is 0.304. The van der Waals surface area contributed by atoms with Crippen molar-refractivity contribution >= 4 is 30.7 Å². The van der Waals surface area contributed by atoms with Crippen LogP contribution in [0, 0.1) is 5.92 Å². The summed E-state index contributed by atoms with van der Waals surface area (Å²) in [4.78, 5) is 17.6. The molecule has 0 spiro atoms. The van der Waals surface area contributed by atoms with Gasteiger partial charge in [0.25, 0.3) is 5.91 Å². The molecule has 2 heterocycles. The molecule has 0 atom stereocenters. The number of amides is 1. The van der Waals surface area contributed by atoms with Gasteiger partial charge in [0.2, 0.25) is 0 Å². The summed E-state index contributed by atoms with van der Waals surface area (Å²) < 4.78 is 37.4. The lowest BCUT2D eigenvalue weighted by Crippen LogP contribution is -2.39. The van der Waals surface area contributed by atoms with Crippen LogP contribution in [0.15, 0.2) is 18.3 Å². The Bertz CT molecular complexity index is 504. The third-order valence-corrected chi connectivity index (χ3v) is 4.01. The SMILES string of the molecule is CNCCC1CCN(C(=O)c2ccc(C(F)(F)F)cn2)CC1.Cl.Cl. The molecule has 138 valence electrons. The molecule has 4 nitrogen and oxygen atoms in total. The lowest BCUT2D eigenvalue weighted by atomic mass is 9.93. The monoisotopic (exact) mass is 387 g/mol. The molecular formula is C15H22Cl2F3N3O. The smallest absolute Gasteiger partial charge is 0.337 e. The van der Waals surface area contributed by atoms with Crippen LogP contribution in [0.25, 0.3) is 0 Å². The van der Waals surface area contributed by atoms with Crippen molar-refractivity contribution in [2.24, 2.45) is 5.92 Å². The zero-order valence-corrected chi connectivity index (χ0v) is 14.9. The first-order valence-electron chi connectivity index (χ1n) is 7.39. The van der Waals surface area contributed by atoms with E-state index in [-0.39, 0.29) is 36.4 Å². The van der Waals surface area contributed by atoms with Gasteiger partial charge < -0.3 is 10.2 Å². The molecule has 1 amide bonds. The van der Waals surface area contributed by atoms with E-state index in [2.05, 4.69) is 10.3 Å². The van der Waals surface area contributed by atoms with Crippen molar-refractivity contribution in [2.45, 2.75) is 25.4 Å². The fourth-order valence-electron chi connectivity index (χ4n) is 2.62. The maximum absolute atomic E-state index is 12.5. The largest absolute Gasteiger partial charge is 0.417 e. The molecule has 24 heavy (non-hydrogen) atoms. The molecule has 1 N–H and O–H groups in total. The third-order valence-electron chi connectivity index (χ3n) is 4.01. The number of alkyl halides is 3. The normalized spacial score (nSPS) is 15.4. The first kappa shape index (κ1) is 22.9. The molecule has 1 fully saturated rings. The summed E-state index contributed by atoms with van der Waals surface area (Å²) in [5.41, 5.74) is -0.767. The average Bonchev–Trinajstić information content (AvgIpc) is 2.52. The Morgan fingerprint density at radius 3 is 2.38 bits per heavy atom. The van der Waals surface area contributed by atoms with E-state index in [0.717, 1.165) is 37.9 Å². The maximum Gasteiger partial charge on any atom is 0.417 e. The highest BCUT2D eigenvalue weighted by Gasteiger charge is 2.31. The zero-order valence-electron chi connectivity index (χ0n) is 13.3. The second-order valence-corrected chi connectivity index (χ2v) is 5.56. The number of aromatic nitrogens is 1. The number of nitrogens with zero attached hydrogens (tertiary/aromatic N) is 2. The molecule has 1 saturated heterocycles. The second kappa shape index (κ2) is 10.1. The minimum Gasteiger partial charge on any atom is -0.337 e. The second-order valence-electron chi connectivity index (χ2n) is 5.56. The van der Waals surface area contributed by atoms with Gasteiger partial charge in [0, 0.05) is 19.3 Å². The summed E-state index contributed by atoms with van der Waals surface area (Å²) in [5, 5.41) is 3.11. The fourth-order valence-corrected chi connectivity index (χ4v) is 2.62. The Labute approximate surface area is 152 Å². The molecule has 9 heteroatoms. The first-order valence-corrected chi connectivity index (χ1v) is 7.39. The number of piperidine rings is 1. The molecule has 2 rings (SSSR count). The van der Waals surface area contributed by atoms with E-state index >= 15 is 0 Å². The number of rotatable bonds is 4. The predicted octanol–water partition coefficient (Wildman–Crippen LogP) is 3.41. The quantitative estimate of drug-likeness (QED) is 0.860. The van der Waals surface area contributed by atoms with Crippen LogP contribution in [-0.2, 0) is 6.18 Å². The molecular weight excluding hydrogens is 366 g/mol. The lowest BCUT2D eigenvalue weighted by molar-refractivity contribution is -0.137. The molecule has 0 saturated carbocycles. The molecule has 0 aromatic carbocycles. The standard InChI is InChI=1S/C15H20F3N3O.2ClH/c1-19-7-4-11-5-8-21(9-6-11)14(22)13-3-2-12(10-20-13)15(16,17)18;;/h2-3,10-11,19H,4-9H2,1H3;2*1H. The van der Waals surface area contributed by atoms with Gasteiger partial charge >= 0.3 is 6.18 Å². The highest BCUT2D eigenvalue weighted by molar-refractivity contribution is 5.92. The van der Waals surface area contributed by atoms with Crippen LogP contribution in [0.3, 0.4) is 0 Å². The molecule has 1 aliphatic heterocycles. The average molecular weight is 388 g/mol. The minimum atomic E-state index is -4.43. The number of pyridine rings is 1. The van der Waals surface area contributed by atoms with E-state index in [9.17, 15) is 18.0 Å². The molecule has 0 bridgehead atoms. The highest BCUT2D eigenvalue weighted by Crippen LogP contribution is 2.28. The molecule has 1 aromatic rings. The fraction of sp³-hybridized carbons (Fsp3) is 0.600. The summed E-state index contributed by atoms with van der Waals surface area (Å²) in [6, 6.07) is 2.05. The van der Waals surface area contributed by atoms with E-state index in [1.807, 2.05) is 7.05 Å². The zero-order chi connectivity index (χ0) is 16.2. The predicted molar refractivity (Wildman–Crippen MR) is 90.9 cm³/mol. The van der Waals surface area contributed by atoms with Crippen molar-refractivity contribution in [2.75, 3.05) is 26.7 Å². The maximum atomic E-state index is 12.5. The van der Waals surface area contributed by atoms with Crippen LogP contribution in [0.2, 0.25) is 0 Å². The molecule has 0 aliphatic carbocycles. The molecule has 1 aliphatic rings. The highest BCUT2D eigenvalue weighted by atomic mass is 35.5. The van der Waals surface area contributed by atoms with Crippen LogP contribution in [0.5, 0.6) is 0 Å². The van der Waals surface area contributed by atoms with Gasteiger partial charge in [-0.25, -0.2) is 0 Å². The third kappa shape index (κ3) is 6.11. The summed E-state index contributed by atoms with van der Waals surface area (Å²) in [6.07, 6.45) is -0.785. The van der Waals surface area contributed by atoms with Gasteiger partial charge in [-0.05, 0) is 50.9 Å². The van der Waals surface area contributed by atoms with Gasteiger partial charge in [0.05, 0.1) is 5.56 Å². The Hall–Kier alpha value is -1.05. The van der Waals surface area contributed by atoms with Crippen LogP contribution >= 0.6 is 24.8 Å².